The quantitative estimate of drug-likeness (QED) is 0.523. The number of terminal acetylenes is 1. The number of hydrogen-bond acceptors (Lipinski definition) is 2. The minimum atomic E-state index is -5.65. The van der Waals surface area contributed by atoms with Gasteiger partial charge in [0.25, 0.3) is 0 Å². The van der Waals surface area contributed by atoms with Crippen LogP contribution in [0.2, 0.25) is 0 Å². The third kappa shape index (κ3) is 3.68. The highest BCUT2D eigenvalue weighted by atomic mass is 19.4. The van der Waals surface area contributed by atoms with Crippen LogP contribution in [0, 0.1) is 12.3 Å². The summed E-state index contributed by atoms with van der Waals surface area (Å²) in [4.78, 5) is 0. The van der Waals surface area contributed by atoms with Crippen molar-refractivity contribution in [1.29, 1.82) is 0 Å². The topological polar surface area (TPSA) is 18.5 Å². The molecule has 0 heterocycles. The third-order valence-electron chi connectivity index (χ3n) is 3.98. The van der Waals surface area contributed by atoms with Crippen LogP contribution in [0.3, 0.4) is 0 Å². The van der Waals surface area contributed by atoms with E-state index in [1.54, 1.807) is 0 Å². The highest BCUT2D eigenvalue weighted by Gasteiger charge is 2.72. The minimum Gasteiger partial charge on any atom is -0.497 e. The molecule has 0 aliphatic rings. The third-order valence-corrected chi connectivity index (χ3v) is 3.98. The molecule has 2 rings (SSSR count). The van der Waals surface area contributed by atoms with Crippen LogP contribution in [0.4, 0.5) is 26.3 Å². The van der Waals surface area contributed by atoms with Gasteiger partial charge in [0.1, 0.15) is 18.1 Å². The normalized spacial score (nSPS) is 12.4. The molecule has 2 aromatic rings. The SMILES string of the molecule is C#CCOc1ccc(C(c2ccc(OC)cc2)(C(F)(F)F)C(F)(F)F)cc1. The monoisotopic (exact) mass is 388 g/mol. The average molecular weight is 388 g/mol. The maximum absolute atomic E-state index is 13.9. The van der Waals surface area contributed by atoms with Gasteiger partial charge in [0, 0.05) is 0 Å². The molecular weight excluding hydrogens is 374 g/mol. The van der Waals surface area contributed by atoms with Gasteiger partial charge in [0.05, 0.1) is 7.11 Å². The summed E-state index contributed by atoms with van der Waals surface area (Å²) < 4.78 is 93.3. The molecule has 0 aromatic heterocycles. The fraction of sp³-hybridized carbons (Fsp3) is 0.263. The Morgan fingerprint density at radius 2 is 1.19 bits per heavy atom. The first-order valence-corrected chi connectivity index (χ1v) is 7.52. The molecular formula is C19H14F6O2. The van der Waals surface area contributed by atoms with Crippen LogP contribution in [0.25, 0.3) is 0 Å². The first kappa shape index (κ1) is 20.5. The first-order valence-electron chi connectivity index (χ1n) is 7.52. The number of halogens is 6. The Kier molecular flexibility index (Phi) is 5.64. The van der Waals surface area contributed by atoms with E-state index in [4.69, 9.17) is 15.9 Å². The molecule has 0 saturated carbocycles. The molecule has 2 nitrogen and oxygen atoms in total. The van der Waals surface area contributed by atoms with Gasteiger partial charge in [-0.05, 0) is 35.4 Å². The summed E-state index contributed by atoms with van der Waals surface area (Å²) in [6, 6.07) is 7.10. The Labute approximate surface area is 151 Å². The number of benzene rings is 2. The molecule has 0 N–H and O–H groups in total. The molecule has 0 bridgehead atoms. The maximum Gasteiger partial charge on any atom is 0.411 e. The van der Waals surface area contributed by atoms with E-state index < -0.39 is 28.9 Å². The van der Waals surface area contributed by atoms with Crippen molar-refractivity contribution in [3.63, 3.8) is 0 Å². The van der Waals surface area contributed by atoms with Crippen molar-refractivity contribution < 1.29 is 35.8 Å². The highest BCUT2D eigenvalue weighted by molar-refractivity contribution is 5.47. The van der Waals surface area contributed by atoms with E-state index >= 15 is 0 Å². The van der Waals surface area contributed by atoms with Crippen LogP contribution in [-0.2, 0) is 5.41 Å². The number of hydrogen-bond donors (Lipinski definition) is 0. The van der Waals surface area contributed by atoms with Crippen LogP contribution in [0.15, 0.2) is 48.5 Å². The predicted octanol–water partition coefficient (Wildman–Crippen LogP) is 5.12. The first-order chi connectivity index (χ1) is 12.6. The van der Waals surface area contributed by atoms with Crippen LogP contribution in [0.5, 0.6) is 11.5 Å². The van der Waals surface area contributed by atoms with E-state index in [0.717, 1.165) is 48.5 Å². The summed E-state index contributed by atoms with van der Waals surface area (Å²) in [5.74, 6) is 2.35. The van der Waals surface area contributed by atoms with Crippen LogP contribution < -0.4 is 9.47 Å². The summed E-state index contributed by atoms with van der Waals surface area (Å²) in [5.41, 5.74) is -6.17. The second-order valence-electron chi connectivity index (χ2n) is 5.49. The lowest BCUT2D eigenvalue weighted by Gasteiger charge is -2.38. The van der Waals surface area contributed by atoms with Crippen LogP contribution in [-0.4, -0.2) is 26.1 Å². The number of ether oxygens (including phenoxy) is 2. The summed E-state index contributed by atoms with van der Waals surface area (Å²) in [6.07, 6.45) is -6.30. The largest absolute Gasteiger partial charge is 0.497 e. The van der Waals surface area contributed by atoms with E-state index in [9.17, 15) is 26.3 Å². The standard InChI is InChI=1S/C19H14F6O2/c1-3-12-27-16-10-6-14(7-11-16)17(18(20,21)22,19(23,24)25)13-4-8-15(26-2)9-5-13/h1,4-11H,12H2,2H3. The van der Waals surface area contributed by atoms with Gasteiger partial charge < -0.3 is 9.47 Å². The Hall–Kier alpha value is -2.82. The second-order valence-corrected chi connectivity index (χ2v) is 5.49. The molecule has 0 amide bonds. The molecule has 0 unspecified atom stereocenters. The van der Waals surface area contributed by atoms with Crippen LogP contribution in [0.1, 0.15) is 11.1 Å². The summed E-state index contributed by atoms with van der Waals surface area (Å²) in [5, 5.41) is 0. The van der Waals surface area contributed by atoms with E-state index in [1.165, 1.54) is 7.11 Å². The van der Waals surface area contributed by atoms with E-state index in [0.29, 0.717) is 0 Å². The van der Waals surface area contributed by atoms with Gasteiger partial charge in [0.15, 0.2) is 0 Å². The molecule has 0 aliphatic carbocycles. The van der Waals surface area contributed by atoms with Crippen molar-refractivity contribution in [2.75, 3.05) is 13.7 Å². The Morgan fingerprint density at radius 3 is 1.52 bits per heavy atom. The molecule has 0 radical (unpaired) electrons. The van der Waals surface area contributed by atoms with Gasteiger partial charge in [-0.1, -0.05) is 30.2 Å². The van der Waals surface area contributed by atoms with Crippen molar-refractivity contribution >= 4 is 0 Å². The number of alkyl halides is 6. The van der Waals surface area contributed by atoms with Crippen molar-refractivity contribution in [1.82, 2.24) is 0 Å². The van der Waals surface area contributed by atoms with Gasteiger partial charge in [-0.25, -0.2) is 0 Å². The number of rotatable bonds is 5. The zero-order chi connectivity index (χ0) is 20.3. The van der Waals surface area contributed by atoms with Gasteiger partial charge in [-0.15, -0.1) is 6.42 Å². The van der Waals surface area contributed by atoms with E-state index in [-0.39, 0.29) is 18.1 Å². The lowest BCUT2D eigenvalue weighted by molar-refractivity contribution is -0.288. The van der Waals surface area contributed by atoms with Crippen molar-refractivity contribution in [3.8, 4) is 23.8 Å². The van der Waals surface area contributed by atoms with Crippen molar-refractivity contribution in [3.05, 3.63) is 59.7 Å². The molecule has 0 aliphatic heterocycles. The van der Waals surface area contributed by atoms with Crippen molar-refractivity contribution in [2.45, 2.75) is 17.8 Å². The smallest absolute Gasteiger partial charge is 0.411 e. The highest BCUT2D eigenvalue weighted by Crippen LogP contribution is 2.56. The van der Waals surface area contributed by atoms with Gasteiger partial charge in [-0.3, -0.25) is 0 Å². The molecule has 144 valence electrons. The Morgan fingerprint density at radius 1 is 0.778 bits per heavy atom. The fourth-order valence-electron chi connectivity index (χ4n) is 2.75. The van der Waals surface area contributed by atoms with E-state index in [1.807, 2.05) is 0 Å². The second kappa shape index (κ2) is 7.43. The molecule has 0 saturated heterocycles. The lowest BCUT2D eigenvalue weighted by Crippen LogP contribution is -2.54. The lowest BCUT2D eigenvalue weighted by atomic mass is 9.73. The molecule has 0 atom stereocenters. The van der Waals surface area contributed by atoms with E-state index in [2.05, 4.69) is 5.92 Å². The van der Waals surface area contributed by atoms with Crippen molar-refractivity contribution in [2.24, 2.45) is 0 Å². The Bertz CT molecular complexity index is 785. The zero-order valence-electron chi connectivity index (χ0n) is 14.0. The minimum absolute atomic E-state index is 0.0599. The van der Waals surface area contributed by atoms with Crippen LogP contribution >= 0.6 is 0 Å². The zero-order valence-corrected chi connectivity index (χ0v) is 14.0. The summed E-state index contributed by atoms with van der Waals surface area (Å²) in [6.45, 7) is -0.165. The van der Waals surface area contributed by atoms with Gasteiger partial charge in [-0.2, -0.15) is 26.3 Å². The summed E-state index contributed by atoms with van der Waals surface area (Å²) in [7, 11) is 1.25. The maximum atomic E-state index is 13.9. The average Bonchev–Trinajstić information content (AvgIpc) is 2.59. The number of methoxy groups -OCH3 is 1. The molecule has 0 fully saturated rings. The predicted molar refractivity (Wildman–Crippen MR) is 86.7 cm³/mol. The molecule has 2 aromatic carbocycles. The fourth-order valence-corrected chi connectivity index (χ4v) is 2.75. The Balaban J connectivity index is 2.70. The van der Waals surface area contributed by atoms with Gasteiger partial charge in [0.2, 0.25) is 5.41 Å². The molecule has 8 heteroatoms. The van der Waals surface area contributed by atoms with Gasteiger partial charge >= 0.3 is 12.4 Å². The molecule has 27 heavy (non-hydrogen) atoms. The summed E-state index contributed by atoms with van der Waals surface area (Å²) >= 11 is 0. The molecule has 0 spiro atoms.